The van der Waals surface area contributed by atoms with Crippen molar-refractivity contribution in [2.75, 3.05) is 11.9 Å². The summed E-state index contributed by atoms with van der Waals surface area (Å²) in [7, 11) is 0. The summed E-state index contributed by atoms with van der Waals surface area (Å²) in [4.78, 5) is 8.40. The highest BCUT2D eigenvalue weighted by atomic mass is 79.9. The molecule has 0 radical (unpaired) electrons. The van der Waals surface area contributed by atoms with Gasteiger partial charge >= 0.3 is 0 Å². The van der Waals surface area contributed by atoms with Crippen LogP contribution in [0.5, 0.6) is 0 Å². The second-order valence-electron chi connectivity index (χ2n) is 4.92. The highest BCUT2D eigenvalue weighted by molar-refractivity contribution is 9.09. The van der Waals surface area contributed by atoms with E-state index >= 15 is 0 Å². The van der Waals surface area contributed by atoms with E-state index in [9.17, 15) is 0 Å². The Labute approximate surface area is 120 Å². The van der Waals surface area contributed by atoms with Crippen LogP contribution in [0.1, 0.15) is 31.4 Å². The van der Waals surface area contributed by atoms with E-state index in [2.05, 4.69) is 48.0 Å². The lowest BCUT2D eigenvalue weighted by molar-refractivity contribution is 0.231. The molecule has 3 heterocycles. The number of imidazole rings is 1. The lowest BCUT2D eigenvalue weighted by atomic mass is 10.1. The SMILES string of the molecule is BrCCCC1CCCN1Cc1cn2ccsc2n1. The molecule has 0 saturated carbocycles. The summed E-state index contributed by atoms with van der Waals surface area (Å²) >= 11 is 5.24. The van der Waals surface area contributed by atoms with Gasteiger partial charge in [-0.2, -0.15) is 0 Å². The molecule has 3 nitrogen and oxygen atoms in total. The van der Waals surface area contributed by atoms with Gasteiger partial charge in [-0.15, -0.1) is 11.3 Å². The van der Waals surface area contributed by atoms with Crippen molar-refractivity contribution in [3.8, 4) is 0 Å². The summed E-state index contributed by atoms with van der Waals surface area (Å²) in [5, 5.41) is 3.21. The standard InChI is InChI=1S/C13H18BrN3S/c14-5-1-3-12-4-2-6-16(12)9-11-10-17-7-8-18-13(17)15-11/h7-8,10,12H,1-6,9H2. The molecule has 1 fully saturated rings. The Morgan fingerprint density at radius 2 is 2.44 bits per heavy atom. The topological polar surface area (TPSA) is 20.5 Å². The van der Waals surface area contributed by atoms with Gasteiger partial charge in [-0.25, -0.2) is 4.98 Å². The first-order chi connectivity index (χ1) is 8.86. The lowest BCUT2D eigenvalue weighted by Gasteiger charge is -2.23. The first-order valence-electron chi connectivity index (χ1n) is 6.58. The number of aromatic nitrogens is 2. The molecule has 5 heteroatoms. The van der Waals surface area contributed by atoms with Crippen molar-refractivity contribution in [1.29, 1.82) is 0 Å². The summed E-state index contributed by atoms with van der Waals surface area (Å²) in [5.41, 5.74) is 1.22. The molecule has 0 spiro atoms. The van der Waals surface area contributed by atoms with E-state index in [1.165, 1.54) is 37.9 Å². The average Bonchev–Trinajstić information content (AvgIpc) is 3.02. The second kappa shape index (κ2) is 5.72. The third-order valence-electron chi connectivity index (χ3n) is 3.68. The minimum absolute atomic E-state index is 0.766. The van der Waals surface area contributed by atoms with Crippen molar-refractivity contribution in [1.82, 2.24) is 14.3 Å². The van der Waals surface area contributed by atoms with Crippen LogP contribution in [0.15, 0.2) is 17.8 Å². The third-order valence-corrected chi connectivity index (χ3v) is 5.01. The van der Waals surface area contributed by atoms with Gasteiger partial charge in [0.25, 0.3) is 0 Å². The van der Waals surface area contributed by atoms with Crippen LogP contribution < -0.4 is 0 Å². The zero-order valence-electron chi connectivity index (χ0n) is 10.4. The molecule has 0 amide bonds. The molecule has 3 rings (SSSR count). The minimum Gasteiger partial charge on any atom is -0.297 e. The first kappa shape index (κ1) is 12.6. The van der Waals surface area contributed by atoms with Gasteiger partial charge in [0.1, 0.15) is 0 Å². The zero-order valence-corrected chi connectivity index (χ0v) is 12.8. The molecule has 1 unspecified atom stereocenters. The molecule has 98 valence electrons. The van der Waals surface area contributed by atoms with Crippen LogP contribution >= 0.6 is 27.3 Å². The van der Waals surface area contributed by atoms with Crippen molar-refractivity contribution >= 4 is 32.2 Å². The van der Waals surface area contributed by atoms with Crippen LogP contribution in [0.25, 0.3) is 4.96 Å². The van der Waals surface area contributed by atoms with Crippen molar-refractivity contribution in [3.63, 3.8) is 0 Å². The van der Waals surface area contributed by atoms with Crippen LogP contribution in [0, 0.1) is 0 Å². The van der Waals surface area contributed by atoms with Gasteiger partial charge in [0.15, 0.2) is 4.96 Å². The molecule has 0 bridgehead atoms. The quantitative estimate of drug-likeness (QED) is 0.783. The van der Waals surface area contributed by atoms with Crippen molar-refractivity contribution in [3.05, 3.63) is 23.5 Å². The molecule has 2 aromatic heterocycles. The van der Waals surface area contributed by atoms with Gasteiger partial charge in [0.2, 0.25) is 0 Å². The Hall–Kier alpha value is -0.390. The predicted octanol–water partition coefficient (Wildman–Crippen LogP) is 3.54. The van der Waals surface area contributed by atoms with Crippen molar-refractivity contribution < 1.29 is 0 Å². The van der Waals surface area contributed by atoms with Crippen LogP contribution in [0.3, 0.4) is 0 Å². The van der Waals surface area contributed by atoms with Crippen LogP contribution in [0.4, 0.5) is 0 Å². The number of likely N-dealkylation sites (tertiary alicyclic amines) is 1. The maximum Gasteiger partial charge on any atom is 0.193 e. The molecule has 18 heavy (non-hydrogen) atoms. The Bertz CT molecular complexity index is 479. The maximum absolute atomic E-state index is 4.68. The second-order valence-corrected chi connectivity index (χ2v) is 6.59. The molecule has 2 aromatic rings. The summed E-state index contributed by atoms with van der Waals surface area (Å²) in [5.74, 6) is 0. The molecular weight excluding hydrogens is 310 g/mol. The van der Waals surface area contributed by atoms with E-state index in [0.29, 0.717) is 0 Å². The smallest absolute Gasteiger partial charge is 0.193 e. The van der Waals surface area contributed by atoms with E-state index in [0.717, 1.165) is 22.9 Å². The summed E-state index contributed by atoms with van der Waals surface area (Å²) in [6, 6.07) is 0.766. The van der Waals surface area contributed by atoms with Gasteiger partial charge in [0, 0.05) is 35.7 Å². The summed E-state index contributed by atoms with van der Waals surface area (Å²) in [6.07, 6.45) is 9.55. The molecule has 1 aliphatic rings. The fourth-order valence-electron chi connectivity index (χ4n) is 2.80. The fourth-order valence-corrected chi connectivity index (χ4v) is 3.85. The summed E-state index contributed by atoms with van der Waals surface area (Å²) in [6.45, 7) is 2.25. The van der Waals surface area contributed by atoms with E-state index in [4.69, 9.17) is 0 Å². The monoisotopic (exact) mass is 327 g/mol. The lowest BCUT2D eigenvalue weighted by Crippen LogP contribution is -2.29. The number of rotatable bonds is 5. The van der Waals surface area contributed by atoms with E-state index < -0.39 is 0 Å². The Kier molecular flexibility index (Phi) is 4.01. The number of halogens is 1. The highest BCUT2D eigenvalue weighted by Gasteiger charge is 2.24. The van der Waals surface area contributed by atoms with E-state index in [-0.39, 0.29) is 0 Å². The maximum atomic E-state index is 4.68. The van der Waals surface area contributed by atoms with Gasteiger partial charge in [-0.1, -0.05) is 15.9 Å². The first-order valence-corrected chi connectivity index (χ1v) is 8.58. The highest BCUT2D eigenvalue weighted by Crippen LogP contribution is 2.24. The third kappa shape index (κ3) is 2.63. The number of fused-ring (bicyclic) bond motifs is 1. The minimum atomic E-state index is 0.766. The van der Waals surface area contributed by atoms with Gasteiger partial charge in [-0.05, 0) is 32.2 Å². The van der Waals surface area contributed by atoms with Crippen molar-refractivity contribution in [2.24, 2.45) is 0 Å². The molecular formula is C13H18BrN3S. The van der Waals surface area contributed by atoms with Crippen LogP contribution in [0.2, 0.25) is 0 Å². The van der Waals surface area contributed by atoms with Crippen LogP contribution in [-0.2, 0) is 6.54 Å². The number of nitrogens with zero attached hydrogens (tertiary/aromatic N) is 3. The van der Waals surface area contributed by atoms with Crippen LogP contribution in [-0.4, -0.2) is 32.2 Å². The van der Waals surface area contributed by atoms with Crippen molar-refractivity contribution in [2.45, 2.75) is 38.3 Å². The van der Waals surface area contributed by atoms with Gasteiger partial charge in [-0.3, -0.25) is 9.30 Å². The zero-order chi connectivity index (χ0) is 12.4. The fraction of sp³-hybridized carbons (Fsp3) is 0.615. The molecule has 1 saturated heterocycles. The Balaban J connectivity index is 1.65. The van der Waals surface area contributed by atoms with Gasteiger partial charge in [0.05, 0.1) is 5.69 Å². The molecule has 1 aliphatic heterocycles. The largest absolute Gasteiger partial charge is 0.297 e. The average molecular weight is 328 g/mol. The number of hydrogen-bond acceptors (Lipinski definition) is 3. The molecule has 0 N–H and O–H groups in total. The number of alkyl halides is 1. The number of hydrogen-bond donors (Lipinski definition) is 0. The summed E-state index contributed by atoms with van der Waals surface area (Å²) < 4.78 is 2.13. The molecule has 0 aromatic carbocycles. The number of thiazole rings is 1. The van der Waals surface area contributed by atoms with E-state index in [1.807, 2.05) is 0 Å². The molecule has 1 atom stereocenters. The normalized spacial score (nSPS) is 21.1. The molecule has 0 aliphatic carbocycles. The predicted molar refractivity (Wildman–Crippen MR) is 79.5 cm³/mol. The van der Waals surface area contributed by atoms with Gasteiger partial charge < -0.3 is 0 Å². The Morgan fingerprint density at radius 1 is 1.50 bits per heavy atom. The van der Waals surface area contributed by atoms with E-state index in [1.54, 1.807) is 11.3 Å². The Morgan fingerprint density at radius 3 is 3.28 bits per heavy atom.